The van der Waals surface area contributed by atoms with Crippen molar-refractivity contribution in [1.29, 1.82) is 0 Å². The van der Waals surface area contributed by atoms with E-state index < -0.39 is 23.9 Å². The molecule has 0 spiro atoms. The minimum atomic E-state index is -0.533. The van der Waals surface area contributed by atoms with Gasteiger partial charge in [0.1, 0.15) is 63.2 Å². The Morgan fingerprint density at radius 1 is 0.529 bits per heavy atom. The van der Waals surface area contributed by atoms with E-state index in [1.807, 2.05) is 43.3 Å². The molecular formula is C38H48N2O11. The van der Waals surface area contributed by atoms with Crippen molar-refractivity contribution in [2.24, 2.45) is 0 Å². The van der Waals surface area contributed by atoms with Crippen LogP contribution in [0.3, 0.4) is 0 Å². The highest BCUT2D eigenvalue weighted by molar-refractivity contribution is 5.84. The number of carbonyl (C=O) groups excluding carboxylic acids is 4. The molecule has 51 heavy (non-hydrogen) atoms. The molecule has 0 aliphatic heterocycles. The third kappa shape index (κ3) is 13.8. The van der Waals surface area contributed by atoms with E-state index in [0.717, 1.165) is 11.1 Å². The quantitative estimate of drug-likeness (QED) is 0.0796. The van der Waals surface area contributed by atoms with Gasteiger partial charge in [-0.1, -0.05) is 36.4 Å². The molecule has 0 saturated carbocycles. The highest BCUT2D eigenvalue weighted by Crippen LogP contribution is 2.34. The standard InChI is InChI=1S/C38H48N2O11/c1-6-45-35(41)23-39(24-36(42)46-7-2)31-17-15-28(5)21-34(31)50-20-19-49-33-18-16-30(51-27-29-13-11-10-12-14-29)22-32(33)40(25-37(43)47-8-3)26-38(44)48-9-4/h10-18,21-22H,6-9,19-20,23-27H2,1-5H3. The summed E-state index contributed by atoms with van der Waals surface area (Å²) in [7, 11) is 0. The van der Waals surface area contributed by atoms with Crippen LogP contribution < -0.4 is 24.0 Å². The molecule has 0 saturated heterocycles. The summed E-state index contributed by atoms with van der Waals surface area (Å²) in [5.74, 6) is -0.810. The SMILES string of the molecule is CCOC(=O)CN(CC(=O)OCC)c1ccc(C)cc1OCCOc1ccc(OCc2ccccc2)cc1N(CC(=O)OCC)CC(=O)OCC. The highest BCUT2D eigenvalue weighted by atomic mass is 16.6. The molecule has 13 heteroatoms. The maximum absolute atomic E-state index is 12.6. The number of benzene rings is 3. The third-order valence-electron chi connectivity index (χ3n) is 7.08. The second-order valence-electron chi connectivity index (χ2n) is 11.0. The van der Waals surface area contributed by atoms with Crippen LogP contribution in [-0.2, 0) is 44.7 Å². The molecule has 3 aromatic carbocycles. The third-order valence-corrected chi connectivity index (χ3v) is 7.08. The summed E-state index contributed by atoms with van der Waals surface area (Å²) >= 11 is 0. The Hall–Kier alpha value is -5.46. The van der Waals surface area contributed by atoms with Crippen LogP contribution in [0.2, 0.25) is 0 Å². The predicted octanol–water partition coefficient (Wildman–Crippen LogP) is 4.90. The average Bonchev–Trinajstić information content (AvgIpc) is 3.10. The highest BCUT2D eigenvalue weighted by Gasteiger charge is 2.23. The van der Waals surface area contributed by atoms with Crippen LogP contribution in [0.15, 0.2) is 66.7 Å². The molecule has 0 atom stereocenters. The Kier molecular flexibility index (Phi) is 16.9. The maximum atomic E-state index is 12.6. The van der Waals surface area contributed by atoms with Gasteiger partial charge in [-0.15, -0.1) is 0 Å². The van der Waals surface area contributed by atoms with Crippen LogP contribution in [0.4, 0.5) is 11.4 Å². The van der Waals surface area contributed by atoms with Gasteiger partial charge < -0.3 is 43.0 Å². The van der Waals surface area contributed by atoms with Crippen molar-refractivity contribution in [2.75, 3.05) is 75.6 Å². The minimum absolute atomic E-state index is 0.0486. The summed E-state index contributed by atoms with van der Waals surface area (Å²) in [6.07, 6.45) is 0. The van der Waals surface area contributed by atoms with Crippen molar-refractivity contribution in [1.82, 2.24) is 0 Å². The molecule has 0 amide bonds. The summed E-state index contributed by atoms with van der Waals surface area (Å²) in [4.78, 5) is 53.2. The Morgan fingerprint density at radius 3 is 1.53 bits per heavy atom. The van der Waals surface area contributed by atoms with E-state index in [4.69, 9.17) is 33.2 Å². The zero-order chi connectivity index (χ0) is 37.0. The smallest absolute Gasteiger partial charge is 0.325 e. The molecule has 0 bridgehead atoms. The van der Waals surface area contributed by atoms with Gasteiger partial charge in [-0.05, 0) is 70.0 Å². The van der Waals surface area contributed by atoms with E-state index in [1.54, 1.807) is 62.9 Å². The molecule has 0 radical (unpaired) electrons. The first-order valence-corrected chi connectivity index (χ1v) is 17.0. The van der Waals surface area contributed by atoms with Crippen LogP contribution >= 0.6 is 0 Å². The Balaban J connectivity index is 1.86. The average molecular weight is 709 g/mol. The van der Waals surface area contributed by atoms with Crippen LogP contribution in [0.1, 0.15) is 38.8 Å². The van der Waals surface area contributed by atoms with Crippen LogP contribution in [-0.4, -0.2) is 89.7 Å². The molecule has 0 aromatic heterocycles. The Morgan fingerprint density at radius 2 is 1.02 bits per heavy atom. The van der Waals surface area contributed by atoms with Gasteiger partial charge in [0.15, 0.2) is 0 Å². The van der Waals surface area contributed by atoms with Gasteiger partial charge in [0.05, 0.1) is 37.8 Å². The number of hydrogen-bond donors (Lipinski definition) is 0. The van der Waals surface area contributed by atoms with Crippen LogP contribution in [0, 0.1) is 6.92 Å². The first-order valence-electron chi connectivity index (χ1n) is 17.0. The molecule has 0 aliphatic carbocycles. The fraction of sp³-hybridized carbons (Fsp3) is 0.421. The fourth-order valence-electron chi connectivity index (χ4n) is 4.90. The second-order valence-corrected chi connectivity index (χ2v) is 11.0. The lowest BCUT2D eigenvalue weighted by atomic mass is 10.2. The lowest BCUT2D eigenvalue weighted by Gasteiger charge is -2.26. The van der Waals surface area contributed by atoms with E-state index in [9.17, 15) is 19.2 Å². The van der Waals surface area contributed by atoms with Crippen molar-refractivity contribution in [2.45, 2.75) is 41.2 Å². The molecule has 3 rings (SSSR count). The van der Waals surface area contributed by atoms with E-state index in [-0.39, 0.29) is 65.8 Å². The summed E-state index contributed by atoms with van der Waals surface area (Å²) in [6.45, 7) is 8.97. The van der Waals surface area contributed by atoms with Crippen LogP contribution in [0.25, 0.3) is 0 Å². The molecule has 13 nitrogen and oxygen atoms in total. The Bertz CT molecular complexity index is 1520. The Labute approximate surface area is 299 Å². The lowest BCUT2D eigenvalue weighted by molar-refractivity contribution is -0.144. The van der Waals surface area contributed by atoms with Gasteiger partial charge >= 0.3 is 23.9 Å². The number of esters is 4. The van der Waals surface area contributed by atoms with Crippen molar-refractivity contribution >= 4 is 35.3 Å². The number of aryl methyl sites for hydroxylation is 1. The zero-order valence-electron chi connectivity index (χ0n) is 30.0. The van der Waals surface area contributed by atoms with Crippen molar-refractivity contribution in [3.05, 3.63) is 77.9 Å². The molecule has 0 aliphatic rings. The van der Waals surface area contributed by atoms with Gasteiger partial charge in [-0.3, -0.25) is 19.2 Å². The summed E-state index contributed by atoms with van der Waals surface area (Å²) in [5.41, 5.74) is 2.76. The molecule has 276 valence electrons. The summed E-state index contributed by atoms with van der Waals surface area (Å²) in [6, 6.07) is 20.2. The van der Waals surface area contributed by atoms with E-state index in [2.05, 4.69) is 0 Å². The molecule has 0 heterocycles. The molecule has 3 aromatic rings. The largest absolute Gasteiger partial charge is 0.489 e. The molecule has 0 N–H and O–H groups in total. The molecule has 0 fully saturated rings. The number of nitrogens with zero attached hydrogens (tertiary/aromatic N) is 2. The molecule has 0 unspecified atom stereocenters. The zero-order valence-corrected chi connectivity index (χ0v) is 30.0. The van der Waals surface area contributed by atoms with Crippen LogP contribution in [0.5, 0.6) is 17.2 Å². The maximum Gasteiger partial charge on any atom is 0.325 e. The van der Waals surface area contributed by atoms with Gasteiger partial charge in [-0.25, -0.2) is 0 Å². The number of ether oxygens (including phenoxy) is 7. The summed E-state index contributed by atoms with van der Waals surface area (Å²) in [5, 5.41) is 0. The number of hydrogen-bond acceptors (Lipinski definition) is 13. The van der Waals surface area contributed by atoms with Gasteiger partial charge in [0.25, 0.3) is 0 Å². The van der Waals surface area contributed by atoms with E-state index in [1.165, 1.54) is 4.90 Å². The van der Waals surface area contributed by atoms with E-state index in [0.29, 0.717) is 35.2 Å². The first kappa shape index (κ1) is 40.0. The topological polar surface area (TPSA) is 139 Å². The monoisotopic (exact) mass is 708 g/mol. The molecular weight excluding hydrogens is 660 g/mol. The minimum Gasteiger partial charge on any atom is -0.489 e. The lowest BCUT2D eigenvalue weighted by Crippen LogP contribution is -2.36. The van der Waals surface area contributed by atoms with Crippen molar-refractivity contribution < 1.29 is 52.3 Å². The number of rotatable bonds is 22. The van der Waals surface area contributed by atoms with Gasteiger partial charge in [-0.2, -0.15) is 0 Å². The van der Waals surface area contributed by atoms with Gasteiger partial charge in [0.2, 0.25) is 0 Å². The van der Waals surface area contributed by atoms with Crippen molar-refractivity contribution in [3.63, 3.8) is 0 Å². The van der Waals surface area contributed by atoms with Crippen molar-refractivity contribution in [3.8, 4) is 17.2 Å². The fourth-order valence-corrected chi connectivity index (χ4v) is 4.90. The normalized spacial score (nSPS) is 10.5. The van der Waals surface area contributed by atoms with Gasteiger partial charge in [0, 0.05) is 6.07 Å². The van der Waals surface area contributed by atoms with E-state index >= 15 is 0 Å². The number of anilines is 2. The first-order chi connectivity index (χ1) is 24.7. The number of carbonyl (C=O) groups is 4. The predicted molar refractivity (Wildman–Crippen MR) is 190 cm³/mol. The summed E-state index contributed by atoms with van der Waals surface area (Å²) < 4.78 is 39.0. The second kappa shape index (κ2) is 21.6.